The number of carbonyl (C=O) groups excluding carboxylic acids is 1. The molecule has 0 spiro atoms. The van der Waals surface area contributed by atoms with Crippen LogP contribution in [0.3, 0.4) is 0 Å². The zero-order valence-corrected chi connectivity index (χ0v) is 19.1. The number of amides is 1. The number of carbonyl (C=O) groups is 1. The maximum atomic E-state index is 15.1. The van der Waals surface area contributed by atoms with Gasteiger partial charge in [-0.2, -0.15) is 5.10 Å². The van der Waals surface area contributed by atoms with Crippen molar-refractivity contribution in [3.8, 4) is 0 Å². The molecule has 1 amide bonds. The van der Waals surface area contributed by atoms with Crippen LogP contribution in [0.1, 0.15) is 18.1 Å². The van der Waals surface area contributed by atoms with Crippen LogP contribution in [0.5, 0.6) is 0 Å². The molecule has 2 atom stereocenters. The van der Waals surface area contributed by atoms with Gasteiger partial charge in [0, 0.05) is 13.1 Å². The third-order valence-electron chi connectivity index (χ3n) is 5.77. The Bertz CT molecular complexity index is 1070. The molecule has 3 aliphatic heterocycles. The number of aliphatic hydroxyl groups is 1. The third-order valence-corrected chi connectivity index (χ3v) is 7.95. The van der Waals surface area contributed by atoms with E-state index in [2.05, 4.69) is 17.2 Å². The predicted molar refractivity (Wildman–Crippen MR) is 126 cm³/mol. The molecule has 10 heteroatoms. The quantitative estimate of drug-likeness (QED) is 0.657. The number of anilines is 2. The summed E-state index contributed by atoms with van der Waals surface area (Å²) in [6, 6.07) is 13.1. The number of halogens is 1. The first-order valence-electron chi connectivity index (χ1n) is 10.4. The number of nitrogens with zero attached hydrogens (tertiary/aromatic N) is 4. The summed E-state index contributed by atoms with van der Waals surface area (Å²) in [6.07, 6.45) is -0.262. The molecule has 3 heterocycles. The minimum absolute atomic E-state index is 0.0605. The van der Waals surface area contributed by atoms with E-state index in [-0.39, 0.29) is 23.0 Å². The molecule has 0 saturated carbocycles. The van der Waals surface area contributed by atoms with Gasteiger partial charge in [0.15, 0.2) is 0 Å². The number of ether oxygens (including phenoxy) is 1. The Morgan fingerprint density at radius 2 is 2.09 bits per heavy atom. The molecule has 1 N–H and O–H groups in total. The average molecular weight is 475 g/mol. The maximum Gasteiger partial charge on any atom is 0.416 e. The van der Waals surface area contributed by atoms with Crippen LogP contribution in [0.25, 0.3) is 0 Å². The summed E-state index contributed by atoms with van der Waals surface area (Å²) in [6.45, 7) is 3.51. The van der Waals surface area contributed by atoms with Crippen molar-refractivity contribution in [2.75, 3.05) is 28.8 Å². The summed E-state index contributed by atoms with van der Waals surface area (Å²) >= 11 is 2.81. The summed E-state index contributed by atoms with van der Waals surface area (Å²) < 4.78 is 20.5. The molecule has 0 radical (unpaired) electrons. The van der Waals surface area contributed by atoms with Gasteiger partial charge in [0.05, 0.1) is 28.9 Å². The highest BCUT2D eigenvalue weighted by molar-refractivity contribution is 8.25. The average Bonchev–Trinajstić information content (AvgIpc) is 3.35. The van der Waals surface area contributed by atoms with Crippen LogP contribution in [-0.4, -0.2) is 51.2 Å². The zero-order chi connectivity index (χ0) is 22.2. The van der Waals surface area contributed by atoms with Crippen LogP contribution in [0.15, 0.2) is 47.6 Å². The molecular weight excluding hydrogens is 451 g/mol. The second-order valence-electron chi connectivity index (χ2n) is 7.74. The summed E-state index contributed by atoms with van der Waals surface area (Å²) in [5.41, 5.74) is 3.50. The van der Waals surface area contributed by atoms with Gasteiger partial charge >= 0.3 is 6.09 Å². The highest BCUT2D eigenvalue weighted by Crippen LogP contribution is 2.38. The van der Waals surface area contributed by atoms with E-state index >= 15 is 4.39 Å². The number of rotatable bonds is 5. The van der Waals surface area contributed by atoms with Crippen molar-refractivity contribution in [2.45, 2.75) is 30.8 Å². The van der Waals surface area contributed by atoms with E-state index in [1.807, 2.05) is 24.0 Å². The molecule has 0 aliphatic carbocycles. The first-order chi connectivity index (χ1) is 15.5. The molecule has 1 fully saturated rings. The number of benzene rings is 2. The molecule has 1 unspecified atom stereocenters. The van der Waals surface area contributed by atoms with Gasteiger partial charge in [-0.3, -0.25) is 4.90 Å². The molecule has 2 aromatic carbocycles. The predicted octanol–water partition coefficient (Wildman–Crippen LogP) is 4.02. The lowest BCUT2D eigenvalue weighted by molar-refractivity contribution is 0.0331. The summed E-state index contributed by atoms with van der Waals surface area (Å²) in [5.74, 6) is -0.424. The Morgan fingerprint density at radius 1 is 1.28 bits per heavy atom. The molecule has 168 valence electrons. The highest BCUT2D eigenvalue weighted by atomic mass is 32.2. The smallest absolute Gasteiger partial charge is 0.416 e. The van der Waals surface area contributed by atoms with Crippen LogP contribution < -0.4 is 9.80 Å². The zero-order valence-electron chi connectivity index (χ0n) is 17.5. The van der Waals surface area contributed by atoms with E-state index in [1.165, 1.54) is 45.6 Å². The monoisotopic (exact) mass is 474 g/mol. The summed E-state index contributed by atoms with van der Waals surface area (Å²) in [5, 5.41) is 16.2. The number of cyclic esters (lactones) is 1. The van der Waals surface area contributed by atoms with E-state index < -0.39 is 12.3 Å². The summed E-state index contributed by atoms with van der Waals surface area (Å²) in [7, 11) is 0. The molecule has 0 aromatic heterocycles. The molecule has 5 rings (SSSR count). The molecule has 0 bridgehead atoms. The first-order valence-corrected chi connectivity index (χ1v) is 12.3. The Balaban J connectivity index is 1.32. The topological polar surface area (TPSA) is 68.6 Å². The van der Waals surface area contributed by atoms with E-state index in [1.54, 1.807) is 17.1 Å². The van der Waals surface area contributed by atoms with Crippen molar-refractivity contribution in [2.24, 2.45) is 5.10 Å². The molecule has 7 nitrogen and oxygen atoms in total. The third kappa shape index (κ3) is 4.02. The van der Waals surface area contributed by atoms with Gasteiger partial charge in [-0.15, -0.1) is 0 Å². The highest BCUT2D eigenvalue weighted by Gasteiger charge is 2.41. The van der Waals surface area contributed by atoms with Crippen LogP contribution in [-0.2, 0) is 17.7 Å². The lowest BCUT2D eigenvalue weighted by atomic mass is 9.99. The Labute approximate surface area is 194 Å². The van der Waals surface area contributed by atoms with Crippen molar-refractivity contribution < 1.29 is 19.0 Å². The fraction of sp³-hybridized carbons (Fsp3) is 0.364. The number of hydrogen-bond donors (Lipinski definition) is 1. The van der Waals surface area contributed by atoms with Gasteiger partial charge in [0.2, 0.25) is 6.23 Å². The van der Waals surface area contributed by atoms with Crippen LogP contribution in [0, 0.1) is 5.82 Å². The number of aliphatic hydroxyl groups excluding tert-OH is 1. The van der Waals surface area contributed by atoms with Crippen molar-refractivity contribution in [1.82, 2.24) is 5.01 Å². The second kappa shape index (κ2) is 8.84. The van der Waals surface area contributed by atoms with Gasteiger partial charge in [-0.05, 0) is 42.7 Å². The van der Waals surface area contributed by atoms with E-state index in [4.69, 9.17) is 4.74 Å². The Kier molecular flexibility index (Phi) is 5.92. The van der Waals surface area contributed by atoms with E-state index in [0.717, 1.165) is 18.0 Å². The van der Waals surface area contributed by atoms with Gasteiger partial charge < -0.3 is 14.7 Å². The molecule has 32 heavy (non-hydrogen) atoms. The van der Waals surface area contributed by atoms with E-state index in [0.29, 0.717) is 17.9 Å². The normalized spacial score (nSPS) is 22.8. The number of hydrazone groups is 1. The molecule has 3 aliphatic rings. The van der Waals surface area contributed by atoms with Gasteiger partial charge in [0.1, 0.15) is 10.5 Å². The van der Waals surface area contributed by atoms with Crippen LogP contribution >= 0.6 is 23.5 Å². The Morgan fingerprint density at radius 3 is 2.88 bits per heavy atom. The van der Waals surface area contributed by atoms with Crippen molar-refractivity contribution in [1.29, 1.82) is 0 Å². The molecule has 2 aromatic rings. The number of thioether (sulfide) groups is 2. The summed E-state index contributed by atoms with van der Waals surface area (Å²) in [4.78, 5) is 16.0. The standard InChI is InChI=1S/C22H23FN4O3S2/c1-14-24-27(22(32-14)31-13-28)20-12-26(21(29)30-20)17-6-7-19(18(23)10-17)25-9-8-15-4-2-3-5-16(15)11-25/h2-7,10,20,22,28H,8-9,11-13H2,1H3/t20?,22-/m1/s1. The van der Waals surface area contributed by atoms with Crippen molar-refractivity contribution >= 4 is 46.0 Å². The van der Waals surface area contributed by atoms with E-state index in [9.17, 15) is 9.90 Å². The van der Waals surface area contributed by atoms with Crippen LogP contribution in [0.4, 0.5) is 20.6 Å². The van der Waals surface area contributed by atoms with Crippen molar-refractivity contribution in [3.05, 3.63) is 59.4 Å². The van der Waals surface area contributed by atoms with Crippen molar-refractivity contribution in [3.63, 3.8) is 0 Å². The number of fused-ring (bicyclic) bond motifs is 1. The maximum absolute atomic E-state index is 15.1. The lowest BCUT2D eigenvalue weighted by Gasteiger charge is -2.31. The van der Waals surface area contributed by atoms with Gasteiger partial charge in [-0.1, -0.05) is 47.8 Å². The molecule has 1 saturated heterocycles. The molecular formula is C22H23FN4O3S2. The minimum Gasteiger partial charge on any atom is -0.421 e. The fourth-order valence-electron chi connectivity index (χ4n) is 4.23. The first kappa shape index (κ1) is 21.4. The fourth-order valence-corrected chi connectivity index (χ4v) is 6.29. The van der Waals surface area contributed by atoms with Gasteiger partial charge in [0.25, 0.3) is 0 Å². The Hall–Kier alpha value is -2.43. The lowest BCUT2D eigenvalue weighted by Crippen LogP contribution is -2.37. The SMILES string of the molecule is CC1=NN(C2CN(c3ccc(N4CCc5ccccc5C4)c(F)c3)C(=O)O2)[C@H](SCO)S1. The van der Waals surface area contributed by atoms with Crippen LogP contribution in [0.2, 0.25) is 0 Å². The minimum atomic E-state index is -0.599. The number of hydrogen-bond acceptors (Lipinski definition) is 8. The van der Waals surface area contributed by atoms with Gasteiger partial charge in [-0.25, -0.2) is 14.2 Å². The largest absolute Gasteiger partial charge is 0.421 e. The second-order valence-corrected chi connectivity index (χ2v) is 10.4.